The van der Waals surface area contributed by atoms with Crippen molar-refractivity contribution in [2.24, 2.45) is 0 Å². The van der Waals surface area contributed by atoms with Crippen molar-refractivity contribution in [3.63, 3.8) is 0 Å². The Bertz CT molecular complexity index is 1070. The normalized spacial score (nSPS) is 14.7. The van der Waals surface area contributed by atoms with E-state index in [9.17, 15) is 14.4 Å². The second-order valence-electron chi connectivity index (χ2n) is 6.22. The van der Waals surface area contributed by atoms with Gasteiger partial charge < -0.3 is 9.47 Å². The van der Waals surface area contributed by atoms with Crippen LogP contribution in [0.5, 0.6) is 11.5 Å². The molecule has 0 aliphatic carbocycles. The number of nitriles is 1. The second kappa shape index (κ2) is 9.29. The Morgan fingerprint density at radius 2 is 1.93 bits per heavy atom. The van der Waals surface area contributed by atoms with E-state index in [1.54, 1.807) is 24.3 Å². The zero-order valence-electron chi connectivity index (χ0n) is 16.4. The highest BCUT2D eigenvalue weighted by molar-refractivity contribution is 8.18. The highest BCUT2D eigenvalue weighted by Gasteiger charge is 2.36. The summed E-state index contributed by atoms with van der Waals surface area (Å²) in [6.07, 6.45) is 1.56. The van der Waals surface area contributed by atoms with Crippen molar-refractivity contribution in [1.82, 2.24) is 4.90 Å². The first kappa shape index (κ1) is 21.1. The number of carbonyl (C=O) groups is 3. The minimum atomic E-state index is -0.544. The van der Waals surface area contributed by atoms with Crippen molar-refractivity contribution in [2.45, 2.75) is 6.92 Å². The quantitative estimate of drug-likeness (QED) is 0.493. The maximum Gasteiger partial charge on any atom is 0.293 e. The molecule has 1 aliphatic rings. The number of nitrogens with zero attached hydrogens (tertiary/aromatic N) is 2. The highest BCUT2D eigenvalue weighted by atomic mass is 32.2. The maximum absolute atomic E-state index is 12.8. The van der Waals surface area contributed by atoms with Crippen LogP contribution in [0.3, 0.4) is 0 Å². The van der Waals surface area contributed by atoms with Crippen LogP contribution in [0.4, 0.5) is 4.79 Å². The molecular weight excluding hydrogens is 404 g/mol. The zero-order valence-corrected chi connectivity index (χ0v) is 17.2. The topological polar surface area (TPSA) is 96.7 Å². The molecule has 2 aromatic rings. The number of imide groups is 1. The van der Waals surface area contributed by atoms with E-state index in [4.69, 9.17) is 14.7 Å². The van der Waals surface area contributed by atoms with Gasteiger partial charge in [-0.15, -0.1) is 0 Å². The van der Waals surface area contributed by atoms with Crippen LogP contribution in [0.2, 0.25) is 0 Å². The number of rotatable bonds is 7. The molecule has 0 saturated carbocycles. The zero-order chi connectivity index (χ0) is 21.7. The van der Waals surface area contributed by atoms with Crippen LogP contribution in [-0.4, -0.2) is 42.1 Å². The van der Waals surface area contributed by atoms with E-state index >= 15 is 0 Å². The van der Waals surface area contributed by atoms with Gasteiger partial charge in [0.2, 0.25) is 0 Å². The molecule has 1 aliphatic heterocycles. The fraction of sp³-hybridized carbons (Fsp3) is 0.182. The summed E-state index contributed by atoms with van der Waals surface area (Å²) in [6.45, 7) is 1.91. The van der Waals surface area contributed by atoms with Gasteiger partial charge in [-0.05, 0) is 55.1 Å². The summed E-state index contributed by atoms with van der Waals surface area (Å²) in [5.74, 6) is 0.204. The van der Waals surface area contributed by atoms with Crippen LogP contribution in [-0.2, 0) is 4.79 Å². The summed E-state index contributed by atoms with van der Waals surface area (Å²) in [5.41, 5.74) is 1.34. The standard InChI is InChI=1S/C22H18N2O5S/c1-3-29-19-9-8-17(28-2)10-16(19)11-20-21(26)24(22(27)30-20)13-18(25)15-6-4-14(12-23)5-7-15/h4-11H,3,13H2,1-2H3/b20-11-. The molecule has 2 aromatic carbocycles. The van der Waals surface area contributed by atoms with Gasteiger partial charge in [0.25, 0.3) is 11.1 Å². The van der Waals surface area contributed by atoms with E-state index in [0.29, 0.717) is 34.8 Å². The molecule has 3 rings (SSSR count). The molecule has 1 saturated heterocycles. The number of ether oxygens (including phenoxy) is 2. The Balaban J connectivity index is 1.82. The number of carbonyl (C=O) groups excluding carboxylic acids is 3. The van der Waals surface area contributed by atoms with Crippen molar-refractivity contribution >= 4 is 34.8 Å². The first-order valence-electron chi connectivity index (χ1n) is 9.06. The third-order valence-corrected chi connectivity index (χ3v) is 5.22. The summed E-state index contributed by atoms with van der Waals surface area (Å²) in [7, 11) is 1.53. The lowest BCUT2D eigenvalue weighted by Crippen LogP contribution is -2.33. The van der Waals surface area contributed by atoms with E-state index in [0.717, 1.165) is 16.7 Å². The van der Waals surface area contributed by atoms with Crippen LogP contribution in [0.1, 0.15) is 28.4 Å². The molecule has 7 nitrogen and oxygen atoms in total. The van der Waals surface area contributed by atoms with E-state index in [-0.39, 0.29) is 17.2 Å². The molecule has 1 heterocycles. The summed E-state index contributed by atoms with van der Waals surface area (Å²) in [4.78, 5) is 38.7. The second-order valence-corrected chi connectivity index (χ2v) is 7.21. The van der Waals surface area contributed by atoms with Crippen molar-refractivity contribution in [1.29, 1.82) is 5.26 Å². The highest BCUT2D eigenvalue weighted by Crippen LogP contribution is 2.35. The van der Waals surface area contributed by atoms with Gasteiger partial charge in [-0.1, -0.05) is 12.1 Å². The third-order valence-electron chi connectivity index (χ3n) is 4.31. The Hall–Kier alpha value is -3.57. The molecule has 0 aromatic heterocycles. The summed E-state index contributed by atoms with van der Waals surface area (Å²) in [5, 5.41) is 8.33. The van der Waals surface area contributed by atoms with Gasteiger partial charge >= 0.3 is 0 Å². The Labute approximate surface area is 177 Å². The van der Waals surface area contributed by atoms with E-state index < -0.39 is 11.1 Å². The number of hydrogen-bond donors (Lipinski definition) is 0. The number of methoxy groups -OCH3 is 1. The van der Waals surface area contributed by atoms with Crippen molar-refractivity contribution in [3.8, 4) is 17.6 Å². The van der Waals surface area contributed by atoms with Crippen LogP contribution in [0, 0.1) is 11.3 Å². The number of Topliss-reactive ketones (excluding diaryl/α,β-unsaturated/α-hetero) is 1. The third kappa shape index (κ3) is 4.53. The maximum atomic E-state index is 12.8. The predicted octanol–water partition coefficient (Wildman–Crippen LogP) is 3.88. The van der Waals surface area contributed by atoms with Crippen LogP contribution >= 0.6 is 11.8 Å². The number of amides is 2. The van der Waals surface area contributed by atoms with Gasteiger partial charge in [0.15, 0.2) is 5.78 Å². The lowest BCUT2D eigenvalue weighted by Gasteiger charge is -2.12. The molecule has 30 heavy (non-hydrogen) atoms. The summed E-state index contributed by atoms with van der Waals surface area (Å²) >= 11 is 0.767. The van der Waals surface area contributed by atoms with Gasteiger partial charge in [-0.25, -0.2) is 0 Å². The largest absolute Gasteiger partial charge is 0.497 e. The first-order valence-corrected chi connectivity index (χ1v) is 9.88. The molecular formula is C22H18N2O5S. The minimum absolute atomic E-state index is 0.196. The number of benzene rings is 2. The Kier molecular flexibility index (Phi) is 6.54. The van der Waals surface area contributed by atoms with Gasteiger partial charge in [0.1, 0.15) is 11.5 Å². The smallest absolute Gasteiger partial charge is 0.293 e. The molecule has 0 bridgehead atoms. The molecule has 0 spiro atoms. The fourth-order valence-electron chi connectivity index (χ4n) is 2.80. The summed E-state index contributed by atoms with van der Waals surface area (Å²) in [6, 6.07) is 13.2. The van der Waals surface area contributed by atoms with Gasteiger partial charge in [-0.2, -0.15) is 5.26 Å². The molecule has 152 valence electrons. The Morgan fingerprint density at radius 3 is 2.57 bits per heavy atom. The molecule has 0 unspecified atom stereocenters. The average molecular weight is 422 g/mol. The molecule has 0 N–H and O–H groups in total. The van der Waals surface area contributed by atoms with Crippen molar-refractivity contribution in [3.05, 3.63) is 64.1 Å². The Morgan fingerprint density at radius 1 is 1.20 bits per heavy atom. The summed E-state index contributed by atoms with van der Waals surface area (Å²) < 4.78 is 10.8. The van der Waals surface area contributed by atoms with Crippen LogP contribution in [0.25, 0.3) is 6.08 Å². The average Bonchev–Trinajstić information content (AvgIpc) is 3.02. The molecule has 0 atom stereocenters. The van der Waals surface area contributed by atoms with E-state index in [2.05, 4.69) is 0 Å². The monoisotopic (exact) mass is 422 g/mol. The number of hydrogen-bond acceptors (Lipinski definition) is 7. The molecule has 1 fully saturated rings. The van der Waals surface area contributed by atoms with E-state index in [1.165, 1.54) is 31.4 Å². The first-order chi connectivity index (χ1) is 14.5. The lowest BCUT2D eigenvalue weighted by molar-refractivity contribution is -0.122. The van der Waals surface area contributed by atoms with Gasteiger partial charge in [0.05, 0.1) is 36.8 Å². The van der Waals surface area contributed by atoms with Gasteiger partial charge in [0, 0.05) is 11.1 Å². The minimum Gasteiger partial charge on any atom is -0.497 e. The van der Waals surface area contributed by atoms with Crippen LogP contribution < -0.4 is 9.47 Å². The van der Waals surface area contributed by atoms with Crippen molar-refractivity contribution < 1.29 is 23.9 Å². The number of ketones is 1. The van der Waals surface area contributed by atoms with Crippen LogP contribution in [0.15, 0.2) is 47.4 Å². The molecule has 8 heteroatoms. The predicted molar refractivity (Wildman–Crippen MR) is 112 cm³/mol. The SMILES string of the molecule is CCOc1ccc(OC)cc1/C=C1\SC(=O)N(CC(=O)c2ccc(C#N)cc2)C1=O. The molecule has 0 radical (unpaired) electrons. The van der Waals surface area contributed by atoms with Gasteiger partial charge in [-0.3, -0.25) is 19.3 Å². The fourth-order valence-corrected chi connectivity index (χ4v) is 3.63. The molecule has 2 amide bonds. The lowest BCUT2D eigenvalue weighted by atomic mass is 10.1. The van der Waals surface area contributed by atoms with Crippen molar-refractivity contribution in [2.75, 3.05) is 20.3 Å². The van der Waals surface area contributed by atoms with E-state index in [1.807, 2.05) is 13.0 Å². The number of thioether (sulfide) groups is 1.